The molecule has 0 atom stereocenters. The highest BCUT2D eigenvalue weighted by atomic mass is 16.3. The Labute approximate surface area is 113 Å². The number of hydrogen-bond donors (Lipinski definition) is 0. The van der Waals surface area contributed by atoms with Gasteiger partial charge in [0.25, 0.3) is 0 Å². The molecule has 0 aliphatic rings. The van der Waals surface area contributed by atoms with Gasteiger partial charge in [-0.1, -0.05) is 0 Å². The average molecular weight is 263 g/mol. The van der Waals surface area contributed by atoms with Crippen LogP contribution in [0.25, 0.3) is 28.2 Å². The third kappa shape index (κ3) is 1.74. The summed E-state index contributed by atoms with van der Waals surface area (Å²) in [5, 5.41) is 7.58. The van der Waals surface area contributed by atoms with Crippen molar-refractivity contribution < 1.29 is 4.42 Å². The van der Waals surface area contributed by atoms with Gasteiger partial charge < -0.3 is 4.42 Å². The highest BCUT2D eigenvalue weighted by Crippen LogP contribution is 2.25. The van der Waals surface area contributed by atoms with Gasteiger partial charge in [-0.15, -0.1) is 10.2 Å². The second-order valence-electron chi connectivity index (χ2n) is 4.28. The topological polar surface area (TPSA) is 69.6 Å². The van der Waals surface area contributed by atoms with Gasteiger partial charge in [0, 0.05) is 12.4 Å². The van der Waals surface area contributed by atoms with E-state index in [-0.39, 0.29) is 0 Å². The minimum Gasteiger partial charge on any atom is -0.436 e. The lowest BCUT2D eigenvalue weighted by molar-refractivity contribution is 0.619. The maximum Gasteiger partial charge on any atom is 0.228 e. The van der Waals surface area contributed by atoms with E-state index < -0.39 is 0 Å². The SMILES string of the molecule is c1cncc(-c2nc3cc(-n4cnnc4)ccc3o2)c1. The van der Waals surface area contributed by atoms with Gasteiger partial charge in [0.15, 0.2) is 5.58 Å². The van der Waals surface area contributed by atoms with E-state index in [1.165, 1.54) is 0 Å². The third-order valence-electron chi connectivity index (χ3n) is 3.00. The first-order valence-electron chi connectivity index (χ1n) is 6.06. The van der Waals surface area contributed by atoms with Crippen LogP contribution >= 0.6 is 0 Å². The molecule has 0 aliphatic heterocycles. The third-order valence-corrected chi connectivity index (χ3v) is 3.00. The van der Waals surface area contributed by atoms with Crippen LogP contribution in [0.5, 0.6) is 0 Å². The molecule has 96 valence electrons. The van der Waals surface area contributed by atoms with Crippen LogP contribution in [0.2, 0.25) is 0 Å². The zero-order valence-electron chi connectivity index (χ0n) is 10.3. The van der Waals surface area contributed by atoms with Crippen LogP contribution in [0.3, 0.4) is 0 Å². The van der Waals surface area contributed by atoms with Crippen LogP contribution in [0.15, 0.2) is 59.8 Å². The van der Waals surface area contributed by atoms with Gasteiger partial charge in [0.05, 0.1) is 11.3 Å². The van der Waals surface area contributed by atoms with Gasteiger partial charge in [-0.3, -0.25) is 9.55 Å². The van der Waals surface area contributed by atoms with Gasteiger partial charge in [-0.05, 0) is 30.3 Å². The molecule has 0 saturated heterocycles. The summed E-state index contributed by atoms with van der Waals surface area (Å²) in [6.45, 7) is 0. The van der Waals surface area contributed by atoms with Crippen LogP contribution in [0.1, 0.15) is 0 Å². The fraction of sp³-hybridized carbons (Fsp3) is 0. The predicted octanol–water partition coefficient (Wildman–Crippen LogP) is 2.47. The van der Waals surface area contributed by atoms with Crippen molar-refractivity contribution in [3.63, 3.8) is 0 Å². The Morgan fingerprint density at radius 3 is 2.75 bits per heavy atom. The Kier molecular flexibility index (Phi) is 2.32. The van der Waals surface area contributed by atoms with Crippen molar-refractivity contribution in [3.8, 4) is 17.1 Å². The molecule has 6 heteroatoms. The Bertz CT molecular complexity index is 852. The molecule has 6 nitrogen and oxygen atoms in total. The molecule has 1 aromatic carbocycles. The Morgan fingerprint density at radius 2 is 1.95 bits per heavy atom. The number of oxazole rings is 1. The maximum atomic E-state index is 5.73. The van der Waals surface area contributed by atoms with Gasteiger partial charge in [-0.2, -0.15) is 0 Å². The van der Waals surface area contributed by atoms with Crippen LogP contribution in [0.4, 0.5) is 0 Å². The molecular formula is C14H9N5O. The summed E-state index contributed by atoms with van der Waals surface area (Å²) in [5.41, 5.74) is 3.32. The smallest absolute Gasteiger partial charge is 0.228 e. The molecule has 20 heavy (non-hydrogen) atoms. The average Bonchev–Trinajstić information content (AvgIpc) is 3.16. The Balaban J connectivity index is 1.84. The number of hydrogen-bond acceptors (Lipinski definition) is 5. The Morgan fingerprint density at radius 1 is 1.05 bits per heavy atom. The normalized spacial score (nSPS) is 11.0. The molecule has 0 bridgehead atoms. The highest BCUT2D eigenvalue weighted by Gasteiger charge is 2.09. The first kappa shape index (κ1) is 10.9. The van der Waals surface area contributed by atoms with E-state index in [0.717, 1.165) is 22.4 Å². The lowest BCUT2D eigenvalue weighted by atomic mass is 10.3. The van der Waals surface area contributed by atoms with Gasteiger partial charge in [-0.25, -0.2) is 4.98 Å². The summed E-state index contributed by atoms with van der Waals surface area (Å²) < 4.78 is 7.55. The second kappa shape index (κ2) is 4.27. The lowest BCUT2D eigenvalue weighted by Gasteiger charge is -1.98. The van der Waals surface area contributed by atoms with Crippen molar-refractivity contribution in [2.45, 2.75) is 0 Å². The summed E-state index contributed by atoms with van der Waals surface area (Å²) in [6, 6.07) is 9.52. The van der Waals surface area contributed by atoms with Gasteiger partial charge in [0.2, 0.25) is 5.89 Å². The molecule has 4 aromatic rings. The summed E-state index contributed by atoms with van der Waals surface area (Å²) in [7, 11) is 0. The zero-order valence-corrected chi connectivity index (χ0v) is 10.3. The lowest BCUT2D eigenvalue weighted by Crippen LogP contribution is -1.88. The minimum atomic E-state index is 0.564. The summed E-state index contributed by atoms with van der Waals surface area (Å²) in [6.07, 6.45) is 6.73. The summed E-state index contributed by atoms with van der Waals surface area (Å²) >= 11 is 0. The molecule has 0 fully saturated rings. The van der Waals surface area contributed by atoms with Crippen molar-refractivity contribution >= 4 is 11.1 Å². The molecule has 4 rings (SSSR count). The molecule has 0 spiro atoms. The van der Waals surface area contributed by atoms with Crippen molar-refractivity contribution in [3.05, 3.63) is 55.4 Å². The largest absolute Gasteiger partial charge is 0.436 e. The number of fused-ring (bicyclic) bond motifs is 1. The van der Waals surface area contributed by atoms with Crippen molar-refractivity contribution in [1.82, 2.24) is 24.7 Å². The van der Waals surface area contributed by atoms with Gasteiger partial charge in [0.1, 0.15) is 18.2 Å². The second-order valence-corrected chi connectivity index (χ2v) is 4.28. The molecule has 0 amide bonds. The molecular weight excluding hydrogens is 254 g/mol. The van der Waals surface area contributed by atoms with Crippen LogP contribution in [0, 0.1) is 0 Å². The monoisotopic (exact) mass is 263 g/mol. The van der Waals surface area contributed by atoms with Crippen LogP contribution in [-0.4, -0.2) is 24.7 Å². The summed E-state index contributed by atoms with van der Waals surface area (Å²) in [5.74, 6) is 0.564. The van der Waals surface area contributed by atoms with E-state index in [9.17, 15) is 0 Å². The number of rotatable bonds is 2. The van der Waals surface area contributed by atoms with Crippen molar-refractivity contribution in [1.29, 1.82) is 0 Å². The molecule has 3 aromatic heterocycles. The van der Waals surface area contributed by atoms with Gasteiger partial charge >= 0.3 is 0 Å². The van der Waals surface area contributed by atoms with Crippen molar-refractivity contribution in [2.75, 3.05) is 0 Å². The van der Waals surface area contributed by atoms with E-state index in [4.69, 9.17) is 4.42 Å². The predicted molar refractivity (Wildman–Crippen MR) is 72.2 cm³/mol. The van der Waals surface area contributed by atoms with E-state index in [1.807, 2.05) is 34.9 Å². The molecule has 3 heterocycles. The van der Waals surface area contributed by atoms with E-state index >= 15 is 0 Å². The fourth-order valence-electron chi connectivity index (χ4n) is 2.02. The molecule has 0 radical (unpaired) electrons. The van der Waals surface area contributed by atoms with E-state index in [1.54, 1.807) is 25.0 Å². The maximum absolute atomic E-state index is 5.73. The zero-order chi connectivity index (χ0) is 13.4. The fourth-order valence-corrected chi connectivity index (χ4v) is 2.02. The first-order valence-corrected chi connectivity index (χ1v) is 6.06. The quantitative estimate of drug-likeness (QED) is 0.555. The van der Waals surface area contributed by atoms with E-state index in [2.05, 4.69) is 20.2 Å². The summed E-state index contributed by atoms with van der Waals surface area (Å²) in [4.78, 5) is 8.56. The van der Waals surface area contributed by atoms with Crippen LogP contribution in [-0.2, 0) is 0 Å². The molecule has 0 aliphatic carbocycles. The van der Waals surface area contributed by atoms with Crippen LogP contribution < -0.4 is 0 Å². The van der Waals surface area contributed by atoms with E-state index in [0.29, 0.717) is 5.89 Å². The standard InChI is InChI=1S/C14H9N5O/c1-2-10(7-15-5-1)14-18-12-6-11(3-4-13(12)20-14)19-8-16-17-9-19/h1-9H. The van der Waals surface area contributed by atoms with Crippen molar-refractivity contribution in [2.24, 2.45) is 0 Å². The molecule has 0 N–H and O–H groups in total. The number of aromatic nitrogens is 5. The molecule has 0 unspecified atom stereocenters. The first-order chi connectivity index (χ1) is 9.90. The minimum absolute atomic E-state index is 0.564. The highest BCUT2D eigenvalue weighted by molar-refractivity contribution is 5.78. The molecule has 0 saturated carbocycles. The Hall–Kier alpha value is -3.02. The number of pyridine rings is 1. The number of nitrogens with zero attached hydrogens (tertiary/aromatic N) is 5. The number of benzene rings is 1.